The molecule has 0 bridgehead atoms. The highest BCUT2D eigenvalue weighted by Gasteiger charge is 2.38. The minimum Gasteiger partial charge on any atom is -0.391 e. The van der Waals surface area contributed by atoms with E-state index in [1.54, 1.807) is 32.2 Å². The zero-order valence-electron chi connectivity index (χ0n) is 17.5. The fourth-order valence-electron chi connectivity index (χ4n) is 4.11. The number of piperazine rings is 1. The van der Waals surface area contributed by atoms with Crippen molar-refractivity contribution in [3.05, 3.63) is 23.9 Å². The molecule has 0 spiro atoms. The number of piperidine rings is 1. The molecule has 0 aromatic carbocycles. The van der Waals surface area contributed by atoms with Gasteiger partial charge in [0, 0.05) is 43.5 Å². The van der Waals surface area contributed by atoms with Gasteiger partial charge in [-0.1, -0.05) is 0 Å². The number of carbonyl (C=O) groups excluding carboxylic acids is 1. The van der Waals surface area contributed by atoms with Gasteiger partial charge in [0.2, 0.25) is 5.88 Å². The zero-order chi connectivity index (χ0) is 20.3. The Hall–Kier alpha value is -1.70. The van der Waals surface area contributed by atoms with Crippen LogP contribution in [0.4, 0.5) is 4.79 Å². The Balaban J connectivity index is 1.70. The maximum absolute atomic E-state index is 13.0. The highest BCUT2D eigenvalue weighted by molar-refractivity contribution is 5.71. The van der Waals surface area contributed by atoms with E-state index in [1.165, 1.54) is 0 Å². The third-order valence-corrected chi connectivity index (χ3v) is 5.98. The number of aliphatic hydroxyl groups is 1. The molecule has 3 rings (SSSR count). The molecule has 2 N–H and O–H groups in total. The van der Waals surface area contributed by atoms with Crippen LogP contribution in [0.3, 0.4) is 0 Å². The summed E-state index contributed by atoms with van der Waals surface area (Å²) in [6.07, 6.45) is 3.40. The molecular weight excluding hydrogens is 356 g/mol. The summed E-state index contributed by atoms with van der Waals surface area (Å²) in [6.45, 7) is 12.3. The van der Waals surface area contributed by atoms with E-state index in [2.05, 4.69) is 29.0 Å². The Bertz CT molecular complexity index is 651. The first-order valence-corrected chi connectivity index (χ1v) is 10.4. The van der Waals surface area contributed by atoms with E-state index in [9.17, 15) is 9.90 Å². The van der Waals surface area contributed by atoms with Crippen LogP contribution >= 0.6 is 0 Å². The molecule has 1 atom stereocenters. The minimum absolute atomic E-state index is 0.168. The maximum atomic E-state index is 13.0. The first-order chi connectivity index (χ1) is 13.3. The monoisotopic (exact) mass is 390 g/mol. The van der Waals surface area contributed by atoms with Crippen molar-refractivity contribution in [3.63, 3.8) is 0 Å². The number of nitrogens with one attached hydrogen (secondary N) is 1. The third kappa shape index (κ3) is 5.01. The number of ether oxygens (including phenoxy) is 1. The number of nitrogens with zero attached hydrogens (tertiary/aromatic N) is 3. The lowest BCUT2D eigenvalue weighted by Crippen LogP contribution is -2.60. The molecule has 7 heteroatoms. The van der Waals surface area contributed by atoms with Crippen molar-refractivity contribution in [2.45, 2.75) is 58.2 Å². The van der Waals surface area contributed by atoms with Gasteiger partial charge in [-0.3, -0.25) is 4.90 Å². The van der Waals surface area contributed by atoms with Gasteiger partial charge in [-0.2, -0.15) is 0 Å². The van der Waals surface area contributed by atoms with Crippen LogP contribution in [-0.2, 0) is 5.60 Å². The second-order valence-corrected chi connectivity index (χ2v) is 8.75. The van der Waals surface area contributed by atoms with Crippen LogP contribution in [0.25, 0.3) is 0 Å². The first kappa shape index (κ1) is 21.0. The largest absolute Gasteiger partial charge is 0.416 e. The van der Waals surface area contributed by atoms with Crippen LogP contribution in [0.15, 0.2) is 18.3 Å². The van der Waals surface area contributed by atoms with Gasteiger partial charge in [0.15, 0.2) is 0 Å². The normalized spacial score (nSPS) is 22.5. The van der Waals surface area contributed by atoms with Crippen molar-refractivity contribution >= 4 is 6.09 Å². The van der Waals surface area contributed by atoms with Gasteiger partial charge in [-0.25, -0.2) is 9.78 Å². The molecule has 2 aliphatic heterocycles. The van der Waals surface area contributed by atoms with Crippen LogP contribution in [0.2, 0.25) is 0 Å². The number of hydrogen-bond acceptors (Lipinski definition) is 6. The number of aromatic nitrogens is 1. The van der Waals surface area contributed by atoms with E-state index in [4.69, 9.17) is 4.74 Å². The van der Waals surface area contributed by atoms with E-state index in [0.717, 1.165) is 39.0 Å². The highest BCUT2D eigenvalue weighted by atomic mass is 16.6. The van der Waals surface area contributed by atoms with E-state index in [0.29, 0.717) is 24.1 Å². The Morgan fingerprint density at radius 2 is 2.00 bits per heavy atom. The molecule has 0 aliphatic carbocycles. The number of hydrogen-bond donors (Lipinski definition) is 2. The summed E-state index contributed by atoms with van der Waals surface area (Å²) in [5.41, 5.74) is -0.284. The van der Waals surface area contributed by atoms with Crippen molar-refractivity contribution in [1.82, 2.24) is 20.1 Å². The predicted molar refractivity (Wildman–Crippen MR) is 108 cm³/mol. The van der Waals surface area contributed by atoms with Gasteiger partial charge < -0.3 is 20.1 Å². The van der Waals surface area contributed by atoms with Gasteiger partial charge >= 0.3 is 6.09 Å². The highest BCUT2D eigenvalue weighted by Crippen LogP contribution is 2.27. The van der Waals surface area contributed by atoms with Crippen LogP contribution < -0.4 is 10.1 Å². The summed E-state index contributed by atoms with van der Waals surface area (Å²) >= 11 is 0. The molecule has 7 nitrogen and oxygen atoms in total. The predicted octanol–water partition coefficient (Wildman–Crippen LogP) is 2.20. The molecular formula is C21H34N4O3. The van der Waals surface area contributed by atoms with Crippen molar-refractivity contribution < 1.29 is 14.6 Å². The molecule has 2 fully saturated rings. The average molecular weight is 391 g/mol. The van der Waals surface area contributed by atoms with E-state index >= 15 is 0 Å². The summed E-state index contributed by atoms with van der Waals surface area (Å²) in [6, 6.07) is 4.03. The Morgan fingerprint density at radius 1 is 1.29 bits per heavy atom. The standard InChI is InChI=1S/C21H34N4O3/c1-15(2)24-11-12-25(18(14-24)16-7-9-22-10-8-16)20(26)28-19-6-5-17(13-23-19)21(3,4)27/h5-6,13,15-16,18,22,27H,7-12,14H2,1-4H3. The Labute approximate surface area is 168 Å². The van der Waals surface area contributed by atoms with E-state index < -0.39 is 5.60 Å². The van der Waals surface area contributed by atoms with Gasteiger partial charge in [0.05, 0.1) is 11.6 Å². The SMILES string of the molecule is CC(C)N1CCN(C(=O)Oc2ccc(C(C)(C)O)cn2)C(C2CCNCC2)C1. The number of carbonyl (C=O) groups is 1. The Morgan fingerprint density at radius 3 is 2.57 bits per heavy atom. The molecule has 1 aromatic heterocycles. The molecule has 0 saturated carbocycles. The van der Waals surface area contributed by atoms with Crippen LogP contribution in [0, 0.1) is 5.92 Å². The first-order valence-electron chi connectivity index (χ1n) is 10.4. The van der Waals surface area contributed by atoms with Crippen molar-refractivity contribution in [2.75, 3.05) is 32.7 Å². The van der Waals surface area contributed by atoms with Gasteiger partial charge in [0.1, 0.15) is 0 Å². The molecule has 2 saturated heterocycles. The molecule has 1 unspecified atom stereocenters. The summed E-state index contributed by atoms with van der Waals surface area (Å²) < 4.78 is 5.60. The fourth-order valence-corrected chi connectivity index (χ4v) is 4.11. The van der Waals surface area contributed by atoms with Crippen LogP contribution in [-0.4, -0.2) is 70.8 Å². The summed E-state index contributed by atoms with van der Waals surface area (Å²) in [4.78, 5) is 21.5. The second kappa shape index (κ2) is 8.76. The second-order valence-electron chi connectivity index (χ2n) is 8.75. The lowest BCUT2D eigenvalue weighted by Gasteiger charge is -2.46. The molecule has 1 amide bonds. The minimum atomic E-state index is -0.969. The molecule has 3 heterocycles. The van der Waals surface area contributed by atoms with E-state index in [1.807, 2.05) is 4.90 Å². The summed E-state index contributed by atoms with van der Waals surface area (Å²) in [7, 11) is 0. The summed E-state index contributed by atoms with van der Waals surface area (Å²) in [5, 5.41) is 13.5. The van der Waals surface area contributed by atoms with E-state index in [-0.39, 0.29) is 18.0 Å². The van der Waals surface area contributed by atoms with Crippen molar-refractivity contribution in [1.29, 1.82) is 0 Å². The zero-order valence-corrected chi connectivity index (χ0v) is 17.5. The molecule has 1 aromatic rings. The van der Waals surface area contributed by atoms with Crippen molar-refractivity contribution in [2.24, 2.45) is 5.92 Å². The lowest BCUT2D eigenvalue weighted by atomic mass is 9.87. The fraction of sp³-hybridized carbons (Fsp3) is 0.714. The number of pyridine rings is 1. The third-order valence-electron chi connectivity index (χ3n) is 5.98. The summed E-state index contributed by atoms with van der Waals surface area (Å²) in [5.74, 6) is 0.759. The van der Waals surface area contributed by atoms with Gasteiger partial charge in [-0.15, -0.1) is 0 Å². The van der Waals surface area contributed by atoms with Crippen molar-refractivity contribution in [3.8, 4) is 5.88 Å². The van der Waals surface area contributed by atoms with Gasteiger partial charge in [-0.05, 0) is 65.6 Å². The molecule has 2 aliphatic rings. The molecule has 156 valence electrons. The van der Waals surface area contributed by atoms with Crippen LogP contribution in [0.5, 0.6) is 5.88 Å². The lowest BCUT2D eigenvalue weighted by molar-refractivity contribution is 0.0268. The molecule has 28 heavy (non-hydrogen) atoms. The molecule has 0 radical (unpaired) electrons. The number of rotatable bonds is 4. The van der Waals surface area contributed by atoms with Crippen LogP contribution in [0.1, 0.15) is 46.1 Å². The smallest absolute Gasteiger partial charge is 0.391 e. The topological polar surface area (TPSA) is 77.9 Å². The average Bonchev–Trinajstić information content (AvgIpc) is 2.68. The number of amides is 1. The quantitative estimate of drug-likeness (QED) is 0.821. The van der Waals surface area contributed by atoms with Gasteiger partial charge in [0.25, 0.3) is 0 Å². The Kier molecular flexibility index (Phi) is 6.58. The maximum Gasteiger partial charge on any atom is 0.416 e.